The molecular weight excluding hydrogens is 274 g/mol. The van der Waals surface area contributed by atoms with Gasteiger partial charge in [-0.15, -0.1) is 0 Å². The van der Waals surface area contributed by atoms with Crippen LogP contribution in [0.4, 0.5) is 0 Å². The Morgan fingerprint density at radius 2 is 2.00 bits per heavy atom. The monoisotopic (exact) mass is 303 g/mol. The molecule has 1 aromatic rings. The van der Waals surface area contributed by atoms with Crippen LogP contribution in [-0.2, 0) is 4.79 Å². The highest BCUT2D eigenvalue weighted by molar-refractivity contribution is 5.76. The zero-order chi connectivity index (χ0) is 16.1. The lowest BCUT2D eigenvalue weighted by Gasteiger charge is -2.30. The van der Waals surface area contributed by atoms with Crippen LogP contribution >= 0.6 is 0 Å². The maximum atomic E-state index is 12.3. The fourth-order valence-corrected chi connectivity index (χ4v) is 2.99. The van der Waals surface area contributed by atoms with Crippen molar-refractivity contribution in [1.82, 2.24) is 15.1 Å². The highest BCUT2D eigenvalue weighted by atomic mass is 16.2. The SMILES string of the molecule is Cc1ccc(C)c(C(C)N(C)CCC(=O)N2CCNCC2)c1. The molecular formula is C18H29N3O. The lowest BCUT2D eigenvalue weighted by molar-refractivity contribution is -0.132. The van der Waals surface area contributed by atoms with Gasteiger partial charge < -0.3 is 10.2 Å². The van der Waals surface area contributed by atoms with Gasteiger partial charge in [-0.2, -0.15) is 0 Å². The molecule has 0 spiro atoms. The Hall–Kier alpha value is -1.39. The first-order chi connectivity index (χ1) is 10.5. The number of aryl methyl sites for hydroxylation is 2. The third-order valence-electron chi connectivity index (χ3n) is 4.69. The Kier molecular flexibility index (Phi) is 5.98. The summed E-state index contributed by atoms with van der Waals surface area (Å²) in [5.41, 5.74) is 3.97. The summed E-state index contributed by atoms with van der Waals surface area (Å²) >= 11 is 0. The Bertz CT molecular complexity index is 509. The van der Waals surface area contributed by atoms with Crippen molar-refractivity contribution in [3.05, 3.63) is 34.9 Å². The summed E-state index contributed by atoms with van der Waals surface area (Å²) in [5, 5.41) is 3.28. The molecule has 22 heavy (non-hydrogen) atoms. The van der Waals surface area contributed by atoms with Crippen molar-refractivity contribution in [3.8, 4) is 0 Å². The quantitative estimate of drug-likeness (QED) is 0.905. The molecule has 2 rings (SSSR count). The third-order valence-corrected chi connectivity index (χ3v) is 4.69. The standard InChI is InChI=1S/C18H29N3O/c1-14-5-6-15(2)17(13-14)16(3)20(4)10-7-18(22)21-11-8-19-9-12-21/h5-6,13,16,19H,7-12H2,1-4H3. The molecule has 1 heterocycles. The number of carbonyl (C=O) groups is 1. The normalized spacial score (nSPS) is 16.9. The van der Waals surface area contributed by atoms with E-state index < -0.39 is 0 Å². The van der Waals surface area contributed by atoms with Gasteiger partial charge in [0.05, 0.1) is 0 Å². The van der Waals surface area contributed by atoms with Crippen molar-refractivity contribution >= 4 is 5.91 Å². The molecule has 1 unspecified atom stereocenters. The van der Waals surface area contributed by atoms with Gasteiger partial charge >= 0.3 is 0 Å². The first-order valence-corrected chi connectivity index (χ1v) is 8.25. The number of amides is 1. The van der Waals surface area contributed by atoms with Gasteiger partial charge in [-0.1, -0.05) is 23.8 Å². The maximum Gasteiger partial charge on any atom is 0.223 e. The topological polar surface area (TPSA) is 35.6 Å². The number of piperazine rings is 1. The molecule has 0 aliphatic carbocycles. The van der Waals surface area contributed by atoms with Crippen molar-refractivity contribution in [3.63, 3.8) is 0 Å². The second-order valence-corrected chi connectivity index (χ2v) is 6.40. The molecule has 4 heteroatoms. The fourth-order valence-electron chi connectivity index (χ4n) is 2.99. The van der Waals surface area contributed by atoms with E-state index in [0.717, 1.165) is 32.7 Å². The van der Waals surface area contributed by atoms with E-state index in [1.165, 1.54) is 16.7 Å². The molecule has 1 aliphatic rings. The van der Waals surface area contributed by atoms with Crippen molar-refractivity contribution in [1.29, 1.82) is 0 Å². The zero-order valence-corrected chi connectivity index (χ0v) is 14.4. The van der Waals surface area contributed by atoms with E-state index in [1.54, 1.807) is 0 Å². The summed E-state index contributed by atoms with van der Waals surface area (Å²) in [7, 11) is 2.11. The molecule has 1 aromatic carbocycles. The fraction of sp³-hybridized carbons (Fsp3) is 0.611. The summed E-state index contributed by atoms with van der Waals surface area (Å²) in [6, 6.07) is 6.92. The molecule has 1 saturated heterocycles. The lowest BCUT2D eigenvalue weighted by Crippen LogP contribution is -2.47. The van der Waals surface area contributed by atoms with Gasteiger partial charge in [-0.25, -0.2) is 0 Å². The number of rotatable bonds is 5. The van der Waals surface area contributed by atoms with Crippen LogP contribution in [-0.4, -0.2) is 55.5 Å². The van der Waals surface area contributed by atoms with E-state index in [9.17, 15) is 4.79 Å². The van der Waals surface area contributed by atoms with Crippen LogP contribution in [0.1, 0.15) is 36.1 Å². The highest BCUT2D eigenvalue weighted by Crippen LogP contribution is 2.23. The van der Waals surface area contributed by atoms with Crippen LogP contribution in [0.3, 0.4) is 0 Å². The highest BCUT2D eigenvalue weighted by Gasteiger charge is 2.19. The molecule has 1 N–H and O–H groups in total. The minimum atomic E-state index is 0.279. The van der Waals surface area contributed by atoms with Gasteiger partial charge in [0.2, 0.25) is 5.91 Å². The molecule has 4 nitrogen and oxygen atoms in total. The molecule has 1 amide bonds. The summed E-state index contributed by atoms with van der Waals surface area (Å²) in [6.45, 7) is 10.8. The number of nitrogens with zero attached hydrogens (tertiary/aromatic N) is 2. The number of nitrogens with one attached hydrogen (secondary N) is 1. The summed E-state index contributed by atoms with van der Waals surface area (Å²) < 4.78 is 0. The summed E-state index contributed by atoms with van der Waals surface area (Å²) in [6.07, 6.45) is 0.603. The van der Waals surface area contributed by atoms with Gasteiger partial charge in [-0.3, -0.25) is 9.69 Å². The second-order valence-electron chi connectivity index (χ2n) is 6.40. The summed E-state index contributed by atoms with van der Waals surface area (Å²) in [4.78, 5) is 16.5. The predicted molar refractivity (Wildman–Crippen MR) is 91.0 cm³/mol. The van der Waals surface area contributed by atoms with Crippen LogP contribution in [0, 0.1) is 13.8 Å². The first kappa shape index (κ1) is 17.0. The van der Waals surface area contributed by atoms with Crippen molar-refractivity contribution in [2.24, 2.45) is 0 Å². The molecule has 0 aromatic heterocycles. The van der Waals surface area contributed by atoms with Crippen LogP contribution < -0.4 is 5.32 Å². The number of carbonyl (C=O) groups excluding carboxylic acids is 1. The average molecular weight is 303 g/mol. The third kappa shape index (κ3) is 4.31. The van der Waals surface area contributed by atoms with Crippen molar-refractivity contribution < 1.29 is 4.79 Å². The molecule has 0 radical (unpaired) electrons. The largest absolute Gasteiger partial charge is 0.340 e. The van der Waals surface area contributed by atoms with E-state index in [0.29, 0.717) is 12.5 Å². The van der Waals surface area contributed by atoms with Gasteiger partial charge in [0.25, 0.3) is 0 Å². The number of hydrogen-bond acceptors (Lipinski definition) is 3. The smallest absolute Gasteiger partial charge is 0.223 e. The second kappa shape index (κ2) is 7.75. The Morgan fingerprint density at radius 3 is 2.68 bits per heavy atom. The average Bonchev–Trinajstić information content (AvgIpc) is 2.54. The Labute approximate surface area is 134 Å². The van der Waals surface area contributed by atoms with E-state index >= 15 is 0 Å². The minimum Gasteiger partial charge on any atom is -0.340 e. The van der Waals surface area contributed by atoms with Crippen LogP contribution in [0.2, 0.25) is 0 Å². The molecule has 1 aliphatic heterocycles. The van der Waals surface area contributed by atoms with Gasteiger partial charge in [0.1, 0.15) is 0 Å². The molecule has 1 atom stereocenters. The predicted octanol–water partition coefficient (Wildman–Crippen LogP) is 2.12. The summed E-state index contributed by atoms with van der Waals surface area (Å²) in [5.74, 6) is 0.279. The molecule has 0 saturated carbocycles. The Balaban J connectivity index is 1.89. The van der Waals surface area contributed by atoms with Crippen LogP contribution in [0.25, 0.3) is 0 Å². The Morgan fingerprint density at radius 1 is 1.32 bits per heavy atom. The van der Waals surface area contributed by atoms with Gasteiger partial charge in [0.15, 0.2) is 0 Å². The molecule has 1 fully saturated rings. The van der Waals surface area contributed by atoms with E-state index in [4.69, 9.17) is 0 Å². The van der Waals surface area contributed by atoms with Crippen LogP contribution in [0.15, 0.2) is 18.2 Å². The molecule has 0 bridgehead atoms. The van der Waals surface area contributed by atoms with E-state index in [1.807, 2.05) is 4.90 Å². The van der Waals surface area contributed by atoms with Crippen molar-refractivity contribution in [2.75, 3.05) is 39.8 Å². The number of benzene rings is 1. The minimum absolute atomic E-state index is 0.279. The lowest BCUT2D eigenvalue weighted by atomic mass is 9.99. The zero-order valence-electron chi connectivity index (χ0n) is 14.4. The van der Waals surface area contributed by atoms with E-state index in [2.05, 4.69) is 56.2 Å². The first-order valence-electron chi connectivity index (χ1n) is 8.25. The van der Waals surface area contributed by atoms with Crippen molar-refractivity contribution in [2.45, 2.75) is 33.2 Å². The van der Waals surface area contributed by atoms with Gasteiger partial charge in [-0.05, 0) is 38.9 Å². The molecule has 122 valence electrons. The number of hydrogen-bond donors (Lipinski definition) is 1. The van der Waals surface area contributed by atoms with Crippen LogP contribution in [0.5, 0.6) is 0 Å². The maximum absolute atomic E-state index is 12.3. The van der Waals surface area contributed by atoms with E-state index in [-0.39, 0.29) is 5.91 Å². The van der Waals surface area contributed by atoms with Gasteiger partial charge in [0, 0.05) is 45.2 Å².